The van der Waals surface area contributed by atoms with Gasteiger partial charge in [0.1, 0.15) is 17.3 Å². The fraction of sp³-hybridized carbons (Fsp3) is 0.333. The van der Waals surface area contributed by atoms with E-state index in [1.807, 2.05) is 0 Å². The third kappa shape index (κ3) is 6.25. The Balaban J connectivity index is 1.36. The maximum absolute atomic E-state index is 13.8. The van der Waals surface area contributed by atoms with Crippen LogP contribution in [0, 0.1) is 28.3 Å². The molecule has 1 saturated carbocycles. The number of carbonyl (C=O) groups excluding carboxylic acids is 2. The number of benzene rings is 2. The van der Waals surface area contributed by atoms with Gasteiger partial charge in [0.15, 0.2) is 11.6 Å². The number of hydrogen-bond donors (Lipinski definition) is 2. The summed E-state index contributed by atoms with van der Waals surface area (Å²) in [5.74, 6) is -5.29. The molecule has 0 atom stereocenters. The molecule has 1 fully saturated rings. The van der Waals surface area contributed by atoms with E-state index in [9.17, 15) is 27.7 Å². The zero-order chi connectivity index (χ0) is 27.2. The summed E-state index contributed by atoms with van der Waals surface area (Å²) in [6.07, 6.45) is 2.35. The molecule has 1 amide bonds. The lowest BCUT2D eigenvalue weighted by molar-refractivity contribution is -0.149. The lowest BCUT2D eigenvalue weighted by atomic mass is 9.87. The average Bonchev–Trinajstić information content (AvgIpc) is 3.37. The molecule has 1 aliphatic rings. The molecule has 0 radical (unpaired) electrons. The maximum Gasteiger partial charge on any atom is 0.320 e. The van der Waals surface area contributed by atoms with E-state index in [0.717, 1.165) is 0 Å². The van der Waals surface area contributed by atoms with Crippen molar-refractivity contribution in [2.45, 2.75) is 38.7 Å². The van der Waals surface area contributed by atoms with E-state index < -0.39 is 41.0 Å². The van der Waals surface area contributed by atoms with Crippen molar-refractivity contribution in [3.63, 3.8) is 0 Å². The molecule has 0 unspecified atom stereocenters. The standard InChI is InChI=1S/C24H22F3N5O6/c1-2-36-23(34)12-3-5-13(6-4-12)37-14-7-8-18(20(9-14)32-35)28-21(33)22-30-31-24(38-22)29-19-11-16(26)15(25)10-17(19)27/h7-13H,2-6H2,1H3,(H,28,33)(H,29,31)/t12-,13-. The zero-order valence-corrected chi connectivity index (χ0v) is 20.0. The van der Waals surface area contributed by atoms with Crippen molar-refractivity contribution in [3.05, 3.63) is 58.6 Å². The number of halogens is 3. The van der Waals surface area contributed by atoms with Gasteiger partial charge in [0.25, 0.3) is 0 Å². The fourth-order valence-electron chi connectivity index (χ4n) is 3.91. The van der Waals surface area contributed by atoms with Crippen LogP contribution in [-0.2, 0) is 9.53 Å². The minimum Gasteiger partial charge on any atom is -0.490 e. The Morgan fingerprint density at radius 1 is 1.03 bits per heavy atom. The van der Waals surface area contributed by atoms with Crippen LogP contribution in [0.5, 0.6) is 5.75 Å². The predicted molar refractivity (Wildman–Crippen MR) is 127 cm³/mol. The van der Waals surface area contributed by atoms with Gasteiger partial charge >= 0.3 is 23.8 Å². The lowest BCUT2D eigenvalue weighted by Crippen LogP contribution is -2.29. The van der Waals surface area contributed by atoms with Crippen molar-refractivity contribution in [3.8, 4) is 5.75 Å². The van der Waals surface area contributed by atoms with Gasteiger partial charge in [0.05, 0.1) is 30.0 Å². The number of aromatic nitrogens is 2. The topological polar surface area (TPSA) is 145 Å². The summed E-state index contributed by atoms with van der Waals surface area (Å²) in [5, 5.41) is 14.6. The Hall–Kier alpha value is -4.49. The largest absolute Gasteiger partial charge is 0.490 e. The first-order valence-electron chi connectivity index (χ1n) is 11.6. The Labute approximate surface area is 213 Å². The third-order valence-electron chi connectivity index (χ3n) is 5.78. The Morgan fingerprint density at radius 3 is 2.47 bits per heavy atom. The van der Waals surface area contributed by atoms with Crippen LogP contribution in [0.15, 0.2) is 39.9 Å². The van der Waals surface area contributed by atoms with Crippen LogP contribution >= 0.6 is 0 Å². The summed E-state index contributed by atoms with van der Waals surface area (Å²) in [5.41, 5.74) is -0.586. The van der Waals surface area contributed by atoms with Crippen LogP contribution in [0.2, 0.25) is 0 Å². The molecule has 1 heterocycles. The second-order valence-corrected chi connectivity index (χ2v) is 8.35. The van der Waals surface area contributed by atoms with Gasteiger partial charge < -0.3 is 24.5 Å². The van der Waals surface area contributed by atoms with Gasteiger partial charge in [-0.2, -0.15) is 0 Å². The van der Waals surface area contributed by atoms with E-state index in [-0.39, 0.29) is 29.4 Å². The number of hydrogen-bond acceptors (Lipinski definition) is 10. The number of nitroso groups, excluding NO2 is 1. The molecule has 1 aromatic heterocycles. The fourth-order valence-corrected chi connectivity index (χ4v) is 3.91. The summed E-state index contributed by atoms with van der Waals surface area (Å²) < 4.78 is 56.3. The molecule has 11 nitrogen and oxygen atoms in total. The van der Waals surface area contributed by atoms with E-state index in [0.29, 0.717) is 50.2 Å². The molecule has 4 rings (SSSR count). The van der Waals surface area contributed by atoms with Gasteiger partial charge in [-0.15, -0.1) is 10.0 Å². The van der Waals surface area contributed by atoms with Crippen LogP contribution < -0.4 is 15.4 Å². The molecule has 14 heteroatoms. The SMILES string of the molecule is CCOC(=O)[C@H]1CC[C@H](Oc2ccc(NC(=O)c3nnc(Nc4cc(F)c(F)cc4F)o3)c(N=O)c2)CC1. The second kappa shape index (κ2) is 11.7. The molecule has 3 aromatic rings. The molecule has 0 aliphatic heterocycles. The first kappa shape index (κ1) is 26.6. The summed E-state index contributed by atoms with van der Waals surface area (Å²) in [7, 11) is 0. The zero-order valence-electron chi connectivity index (χ0n) is 20.0. The van der Waals surface area contributed by atoms with Crippen LogP contribution in [0.3, 0.4) is 0 Å². The molecule has 0 saturated heterocycles. The quantitative estimate of drug-likeness (QED) is 0.210. The van der Waals surface area contributed by atoms with E-state index >= 15 is 0 Å². The van der Waals surface area contributed by atoms with Crippen molar-refractivity contribution in [2.75, 3.05) is 17.2 Å². The smallest absolute Gasteiger partial charge is 0.320 e. The first-order valence-corrected chi connectivity index (χ1v) is 11.6. The number of amides is 1. The molecule has 38 heavy (non-hydrogen) atoms. The number of esters is 1. The normalized spacial score (nSPS) is 16.9. The summed E-state index contributed by atoms with van der Waals surface area (Å²) in [6, 6.07) is 4.71. The van der Waals surface area contributed by atoms with Crippen molar-refractivity contribution in [1.82, 2.24) is 10.2 Å². The summed E-state index contributed by atoms with van der Waals surface area (Å²) in [6.45, 7) is 2.09. The molecule has 200 valence electrons. The highest BCUT2D eigenvalue weighted by molar-refractivity contribution is 6.02. The minimum atomic E-state index is -1.38. The molecule has 0 bridgehead atoms. The molecular formula is C24H22F3N5O6. The highest BCUT2D eigenvalue weighted by Gasteiger charge is 2.28. The summed E-state index contributed by atoms with van der Waals surface area (Å²) in [4.78, 5) is 35.8. The lowest BCUT2D eigenvalue weighted by Gasteiger charge is -2.27. The second-order valence-electron chi connectivity index (χ2n) is 8.35. The van der Waals surface area contributed by atoms with Crippen LogP contribution in [0.25, 0.3) is 0 Å². The van der Waals surface area contributed by atoms with Crippen molar-refractivity contribution < 1.29 is 36.7 Å². The Kier molecular flexibility index (Phi) is 8.19. The van der Waals surface area contributed by atoms with E-state index in [1.54, 1.807) is 6.92 Å². The Morgan fingerprint density at radius 2 is 1.76 bits per heavy atom. The first-order chi connectivity index (χ1) is 18.3. The number of carbonyl (C=O) groups is 2. The van der Waals surface area contributed by atoms with E-state index in [4.69, 9.17) is 13.9 Å². The molecule has 2 N–H and O–H groups in total. The highest BCUT2D eigenvalue weighted by atomic mass is 19.2. The van der Waals surface area contributed by atoms with Crippen LogP contribution in [0.1, 0.15) is 43.3 Å². The van der Waals surface area contributed by atoms with Gasteiger partial charge in [0.2, 0.25) is 0 Å². The number of anilines is 3. The number of ether oxygens (including phenoxy) is 2. The van der Waals surface area contributed by atoms with Gasteiger partial charge in [-0.25, -0.2) is 13.2 Å². The van der Waals surface area contributed by atoms with Gasteiger partial charge in [0, 0.05) is 18.2 Å². The molecular weight excluding hydrogens is 511 g/mol. The number of nitrogens with one attached hydrogen (secondary N) is 2. The highest BCUT2D eigenvalue weighted by Crippen LogP contribution is 2.33. The molecule has 1 aliphatic carbocycles. The predicted octanol–water partition coefficient (Wildman–Crippen LogP) is 5.38. The molecule has 0 spiro atoms. The minimum absolute atomic E-state index is 0.0303. The van der Waals surface area contributed by atoms with Crippen LogP contribution in [0.4, 0.5) is 36.2 Å². The number of nitrogens with zero attached hydrogens (tertiary/aromatic N) is 3. The number of rotatable bonds is 9. The molecule has 2 aromatic carbocycles. The average molecular weight is 533 g/mol. The Bertz CT molecular complexity index is 1340. The monoisotopic (exact) mass is 533 g/mol. The van der Waals surface area contributed by atoms with Gasteiger partial charge in [-0.05, 0) is 49.9 Å². The third-order valence-corrected chi connectivity index (χ3v) is 5.78. The maximum atomic E-state index is 13.8. The van der Waals surface area contributed by atoms with Gasteiger partial charge in [-0.1, -0.05) is 5.10 Å². The van der Waals surface area contributed by atoms with Crippen molar-refractivity contribution in [1.29, 1.82) is 0 Å². The van der Waals surface area contributed by atoms with Crippen LogP contribution in [-0.4, -0.2) is 34.8 Å². The van der Waals surface area contributed by atoms with Gasteiger partial charge in [-0.3, -0.25) is 9.59 Å². The summed E-state index contributed by atoms with van der Waals surface area (Å²) >= 11 is 0. The van der Waals surface area contributed by atoms with Crippen molar-refractivity contribution >= 4 is 35.0 Å². The van der Waals surface area contributed by atoms with E-state index in [2.05, 4.69) is 26.0 Å². The van der Waals surface area contributed by atoms with Crippen molar-refractivity contribution in [2.24, 2.45) is 11.1 Å². The van der Waals surface area contributed by atoms with E-state index in [1.165, 1.54) is 18.2 Å².